The van der Waals surface area contributed by atoms with Gasteiger partial charge in [-0.05, 0) is 37.9 Å². The Morgan fingerprint density at radius 3 is 2.95 bits per heavy atom. The van der Waals surface area contributed by atoms with Crippen LogP contribution in [0.5, 0.6) is 5.75 Å². The van der Waals surface area contributed by atoms with E-state index in [0.29, 0.717) is 18.0 Å². The van der Waals surface area contributed by atoms with Gasteiger partial charge in [0.1, 0.15) is 11.9 Å². The molecule has 110 valence electrons. The number of hydrogen-bond acceptors (Lipinski definition) is 4. The summed E-state index contributed by atoms with van der Waals surface area (Å²) in [5.74, 6) is 0.972. The van der Waals surface area contributed by atoms with Crippen molar-refractivity contribution in [1.29, 1.82) is 0 Å². The Balaban J connectivity index is 1.90. The van der Waals surface area contributed by atoms with Crippen LogP contribution in [0.1, 0.15) is 25.7 Å². The molecule has 1 fully saturated rings. The fraction of sp³-hybridized carbons (Fsp3) is 0.533. The highest BCUT2D eigenvalue weighted by atomic mass is 16.6. The third-order valence-electron chi connectivity index (χ3n) is 3.72. The van der Waals surface area contributed by atoms with E-state index in [2.05, 4.69) is 5.32 Å². The second kappa shape index (κ2) is 7.14. The zero-order valence-corrected chi connectivity index (χ0v) is 11.8. The van der Waals surface area contributed by atoms with Crippen molar-refractivity contribution in [3.05, 3.63) is 24.3 Å². The molecule has 2 unspecified atom stereocenters. The third-order valence-corrected chi connectivity index (χ3v) is 3.72. The minimum absolute atomic E-state index is 0.0700. The maximum Gasteiger partial charge on any atom is 0.411 e. The predicted octanol–water partition coefficient (Wildman–Crippen LogP) is 2.76. The van der Waals surface area contributed by atoms with Gasteiger partial charge in [0.15, 0.2) is 0 Å². The zero-order chi connectivity index (χ0) is 14.4. The molecule has 20 heavy (non-hydrogen) atoms. The molecule has 0 heterocycles. The molecule has 0 bridgehead atoms. The van der Waals surface area contributed by atoms with E-state index in [-0.39, 0.29) is 12.0 Å². The third kappa shape index (κ3) is 3.87. The van der Waals surface area contributed by atoms with Crippen molar-refractivity contribution in [3.63, 3.8) is 0 Å². The summed E-state index contributed by atoms with van der Waals surface area (Å²) in [6, 6.07) is 7.19. The van der Waals surface area contributed by atoms with E-state index in [4.69, 9.17) is 15.2 Å². The van der Waals surface area contributed by atoms with Gasteiger partial charge in [-0.25, -0.2) is 4.79 Å². The minimum Gasteiger partial charge on any atom is -0.497 e. The molecule has 5 heteroatoms. The Bertz CT molecular complexity index is 450. The zero-order valence-electron chi connectivity index (χ0n) is 11.8. The summed E-state index contributed by atoms with van der Waals surface area (Å²) in [4.78, 5) is 11.9. The van der Waals surface area contributed by atoms with Crippen LogP contribution >= 0.6 is 0 Å². The predicted molar refractivity (Wildman–Crippen MR) is 77.9 cm³/mol. The van der Waals surface area contributed by atoms with Crippen molar-refractivity contribution in [2.24, 2.45) is 11.7 Å². The van der Waals surface area contributed by atoms with Crippen molar-refractivity contribution < 1.29 is 14.3 Å². The Morgan fingerprint density at radius 1 is 1.40 bits per heavy atom. The lowest BCUT2D eigenvalue weighted by atomic mass is 9.86. The highest BCUT2D eigenvalue weighted by Crippen LogP contribution is 2.26. The Labute approximate surface area is 119 Å². The van der Waals surface area contributed by atoms with Gasteiger partial charge >= 0.3 is 6.09 Å². The first-order valence-corrected chi connectivity index (χ1v) is 7.04. The number of nitrogens with two attached hydrogens (primary N) is 1. The average Bonchev–Trinajstić information content (AvgIpc) is 2.48. The van der Waals surface area contributed by atoms with Gasteiger partial charge in [0.25, 0.3) is 0 Å². The molecule has 0 aliphatic heterocycles. The number of hydrogen-bond donors (Lipinski definition) is 2. The molecule has 1 aliphatic carbocycles. The molecule has 1 saturated carbocycles. The maximum absolute atomic E-state index is 11.9. The number of carbonyl (C=O) groups is 1. The summed E-state index contributed by atoms with van der Waals surface area (Å²) in [6.45, 7) is 0.567. The molecule has 0 radical (unpaired) electrons. The fourth-order valence-electron chi connectivity index (χ4n) is 2.58. The van der Waals surface area contributed by atoms with Crippen LogP contribution < -0.4 is 15.8 Å². The Morgan fingerprint density at radius 2 is 2.20 bits per heavy atom. The van der Waals surface area contributed by atoms with Crippen LogP contribution in [-0.4, -0.2) is 25.9 Å². The van der Waals surface area contributed by atoms with Gasteiger partial charge in [-0.15, -0.1) is 0 Å². The lowest BCUT2D eigenvalue weighted by Gasteiger charge is -2.30. The molecule has 1 aliphatic rings. The Kier molecular flexibility index (Phi) is 5.24. The summed E-state index contributed by atoms with van der Waals surface area (Å²) in [7, 11) is 1.59. The minimum atomic E-state index is -0.427. The van der Waals surface area contributed by atoms with Crippen LogP contribution in [0, 0.1) is 5.92 Å². The number of ether oxygens (including phenoxy) is 2. The van der Waals surface area contributed by atoms with Crippen LogP contribution in [0.4, 0.5) is 10.5 Å². The van der Waals surface area contributed by atoms with Crippen molar-refractivity contribution in [2.45, 2.75) is 31.8 Å². The van der Waals surface area contributed by atoms with Crippen molar-refractivity contribution >= 4 is 11.8 Å². The maximum atomic E-state index is 11.9. The number of nitrogens with one attached hydrogen (secondary N) is 1. The molecule has 2 rings (SSSR count). The van der Waals surface area contributed by atoms with Gasteiger partial charge in [-0.3, -0.25) is 5.32 Å². The van der Waals surface area contributed by atoms with E-state index >= 15 is 0 Å². The molecule has 1 aromatic carbocycles. The van der Waals surface area contributed by atoms with Gasteiger partial charge in [0, 0.05) is 17.7 Å². The first kappa shape index (κ1) is 14.7. The summed E-state index contributed by atoms with van der Waals surface area (Å²) in [5, 5.41) is 2.73. The van der Waals surface area contributed by atoms with Crippen LogP contribution in [-0.2, 0) is 4.74 Å². The van der Waals surface area contributed by atoms with Crippen LogP contribution in [0.25, 0.3) is 0 Å². The molecule has 1 aromatic rings. The van der Waals surface area contributed by atoms with Gasteiger partial charge in [-0.2, -0.15) is 0 Å². The number of anilines is 1. The molecule has 0 spiro atoms. The molecule has 2 atom stereocenters. The normalized spacial score (nSPS) is 22.1. The summed E-state index contributed by atoms with van der Waals surface area (Å²) >= 11 is 0. The highest BCUT2D eigenvalue weighted by Gasteiger charge is 2.27. The molecule has 0 saturated heterocycles. The smallest absolute Gasteiger partial charge is 0.411 e. The lowest BCUT2D eigenvalue weighted by molar-refractivity contribution is 0.0489. The number of carbonyl (C=O) groups excluding carboxylic acids is 1. The fourth-order valence-corrected chi connectivity index (χ4v) is 2.58. The second-order valence-electron chi connectivity index (χ2n) is 5.08. The van der Waals surface area contributed by atoms with E-state index in [1.54, 1.807) is 19.2 Å². The van der Waals surface area contributed by atoms with E-state index < -0.39 is 6.09 Å². The van der Waals surface area contributed by atoms with E-state index in [0.717, 1.165) is 19.3 Å². The van der Waals surface area contributed by atoms with Crippen molar-refractivity contribution in [3.8, 4) is 5.75 Å². The summed E-state index contributed by atoms with van der Waals surface area (Å²) < 4.78 is 10.6. The molecular weight excluding hydrogens is 256 g/mol. The highest BCUT2D eigenvalue weighted by molar-refractivity contribution is 5.85. The monoisotopic (exact) mass is 278 g/mol. The van der Waals surface area contributed by atoms with Crippen LogP contribution in [0.3, 0.4) is 0 Å². The van der Waals surface area contributed by atoms with Crippen molar-refractivity contribution in [2.75, 3.05) is 19.0 Å². The molecule has 0 aromatic heterocycles. The number of methoxy groups -OCH3 is 1. The Hall–Kier alpha value is -1.75. The molecule has 5 nitrogen and oxygen atoms in total. The van der Waals surface area contributed by atoms with Crippen LogP contribution in [0.2, 0.25) is 0 Å². The first-order valence-electron chi connectivity index (χ1n) is 7.04. The molecule has 1 amide bonds. The number of amides is 1. The second-order valence-corrected chi connectivity index (χ2v) is 5.08. The topological polar surface area (TPSA) is 73.6 Å². The standard InChI is InChI=1S/C15H22N2O3/c1-19-13-7-4-6-12(9-13)17-15(18)20-14-8-3-2-5-11(14)10-16/h4,6-7,9,11,14H,2-3,5,8,10,16H2,1H3,(H,17,18). The quantitative estimate of drug-likeness (QED) is 0.888. The SMILES string of the molecule is COc1cccc(NC(=O)OC2CCCCC2CN)c1. The molecule has 3 N–H and O–H groups in total. The van der Waals surface area contributed by atoms with Gasteiger partial charge in [-0.1, -0.05) is 12.5 Å². The molecular formula is C15H22N2O3. The van der Waals surface area contributed by atoms with Crippen LogP contribution in [0.15, 0.2) is 24.3 Å². The first-order chi connectivity index (χ1) is 9.72. The van der Waals surface area contributed by atoms with E-state index in [1.807, 2.05) is 12.1 Å². The number of rotatable bonds is 4. The number of benzene rings is 1. The van der Waals surface area contributed by atoms with Gasteiger partial charge in [0.05, 0.1) is 7.11 Å². The van der Waals surface area contributed by atoms with Gasteiger partial charge < -0.3 is 15.2 Å². The van der Waals surface area contributed by atoms with Gasteiger partial charge in [0.2, 0.25) is 0 Å². The van der Waals surface area contributed by atoms with Crippen molar-refractivity contribution in [1.82, 2.24) is 0 Å². The summed E-state index contributed by atoms with van der Waals surface area (Å²) in [6.07, 6.45) is 3.69. The average molecular weight is 278 g/mol. The summed E-state index contributed by atoms with van der Waals surface area (Å²) in [5.41, 5.74) is 6.39. The largest absolute Gasteiger partial charge is 0.497 e. The lowest BCUT2D eigenvalue weighted by Crippen LogP contribution is -2.35. The van der Waals surface area contributed by atoms with E-state index in [1.165, 1.54) is 6.42 Å². The van der Waals surface area contributed by atoms with E-state index in [9.17, 15) is 4.79 Å².